The molecule has 0 atom stereocenters. The van der Waals surface area contributed by atoms with Crippen molar-refractivity contribution in [3.8, 4) is 11.3 Å². The number of rotatable bonds is 6. The van der Waals surface area contributed by atoms with Crippen LogP contribution in [0.25, 0.3) is 22.2 Å². The van der Waals surface area contributed by atoms with E-state index in [1.165, 1.54) is 23.7 Å². The van der Waals surface area contributed by atoms with Crippen molar-refractivity contribution in [3.05, 3.63) is 63.5 Å². The van der Waals surface area contributed by atoms with Crippen molar-refractivity contribution in [3.63, 3.8) is 0 Å². The lowest BCUT2D eigenvalue weighted by molar-refractivity contribution is 0.310. The van der Waals surface area contributed by atoms with Crippen molar-refractivity contribution in [2.24, 2.45) is 14.1 Å². The minimum atomic E-state index is -1.88. The average Bonchev–Trinajstić information content (AvgIpc) is 3.07. The lowest BCUT2D eigenvalue weighted by Crippen LogP contribution is -2.41. The molecular formula is C23H31FN3O3Si. The molecule has 2 heterocycles. The second kappa shape index (κ2) is 8.24. The van der Waals surface area contributed by atoms with E-state index in [0.29, 0.717) is 35.3 Å². The summed E-state index contributed by atoms with van der Waals surface area (Å²) < 4.78 is 24.6. The third-order valence-electron chi connectivity index (χ3n) is 6.30. The van der Waals surface area contributed by atoms with Crippen LogP contribution in [0.3, 0.4) is 0 Å². The van der Waals surface area contributed by atoms with Crippen LogP contribution in [0.1, 0.15) is 20.8 Å². The third-order valence-corrected chi connectivity index (χ3v) is 10.8. The highest BCUT2D eigenvalue weighted by Gasteiger charge is 2.36. The number of benzene rings is 1. The molecule has 2 aromatic heterocycles. The van der Waals surface area contributed by atoms with Crippen molar-refractivity contribution in [1.29, 1.82) is 0 Å². The summed E-state index contributed by atoms with van der Waals surface area (Å²) in [5.41, 5.74) is 0.907. The Morgan fingerprint density at radius 2 is 1.81 bits per heavy atom. The quantitative estimate of drug-likeness (QED) is 0.425. The molecule has 0 saturated heterocycles. The molecule has 3 aromatic rings. The zero-order valence-electron chi connectivity index (χ0n) is 19.3. The van der Waals surface area contributed by atoms with Gasteiger partial charge in [-0.1, -0.05) is 32.9 Å². The van der Waals surface area contributed by atoms with Gasteiger partial charge in [-0.3, -0.25) is 13.9 Å². The van der Waals surface area contributed by atoms with Gasteiger partial charge in [0.15, 0.2) is 8.32 Å². The van der Waals surface area contributed by atoms with E-state index >= 15 is 0 Å². The zero-order valence-corrected chi connectivity index (χ0v) is 20.3. The van der Waals surface area contributed by atoms with E-state index in [-0.39, 0.29) is 10.9 Å². The maximum atomic E-state index is 14.0. The number of nitrogens with zero attached hydrogens (tertiary/aromatic N) is 3. The molecule has 167 valence electrons. The Morgan fingerprint density at radius 3 is 2.42 bits per heavy atom. The Bertz CT molecular complexity index is 1230. The van der Waals surface area contributed by atoms with Crippen LogP contribution in [0.15, 0.2) is 40.1 Å². The molecule has 0 saturated carbocycles. The van der Waals surface area contributed by atoms with E-state index in [0.717, 1.165) is 4.57 Å². The minimum absolute atomic E-state index is 0.111. The molecule has 8 heteroatoms. The van der Waals surface area contributed by atoms with Crippen LogP contribution in [-0.4, -0.2) is 28.6 Å². The number of hydrogen-bond acceptors (Lipinski definition) is 3. The normalized spacial score (nSPS) is 12.6. The highest BCUT2D eigenvalue weighted by molar-refractivity contribution is 6.74. The van der Waals surface area contributed by atoms with Crippen molar-refractivity contribution in [1.82, 2.24) is 13.7 Å². The highest BCUT2D eigenvalue weighted by Crippen LogP contribution is 2.36. The van der Waals surface area contributed by atoms with Gasteiger partial charge >= 0.3 is 5.69 Å². The van der Waals surface area contributed by atoms with Crippen LogP contribution >= 0.6 is 0 Å². The van der Waals surface area contributed by atoms with Gasteiger partial charge in [-0.2, -0.15) is 0 Å². The first-order chi connectivity index (χ1) is 14.3. The van der Waals surface area contributed by atoms with Crippen LogP contribution < -0.4 is 11.2 Å². The molecule has 0 N–H and O–H groups in total. The number of aromatic nitrogens is 3. The van der Waals surface area contributed by atoms with Gasteiger partial charge in [-0.15, -0.1) is 0 Å². The number of hydrogen-bond donors (Lipinski definition) is 0. The molecule has 0 spiro atoms. The summed E-state index contributed by atoms with van der Waals surface area (Å²) in [6, 6.07) is 6.16. The Morgan fingerprint density at radius 1 is 1.13 bits per heavy atom. The Balaban J connectivity index is 2.04. The number of aryl methyl sites for hydroxylation is 1. The standard InChI is InChI=1S/C23H31FN3O3Si/c1-23(2,3)31(6,7)30-13-9-12-27-15-18-19(21(28)26(5)22(29)25(18)4)20(27)16-10-8-11-17(24)14-16/h8-11,14-15H,12-13H2,1-7H3. The fourth-order valence-corrected chi connectivity index (χ4v) is 4.32. The number of fused-ring (bicyclic) bond motifs is 1. The molecule has 6 nitrogen and oxygen atoms in total. The molecule has 0 unspecified atom stereocenters. The molecule has 0 aliphatic carbocycles. The molecule has 1 aromatic carbocycles. The Hall–Kier alpha value is -2.45. The monoisotopic (exact) mass is 444 g/mol. The van der Waals surface area contributed by atoms with Gasteiger partial charge in [0.25, 0.3) is 5.56 Å². The fourth-order valence-electron chi connectivity index (χ4n) is 3.35. The van der Waals surface area contributed by atoms with Gasteiger partial charge in [-0.05, 0) is 30.3 Å². The second-order valence-electron chi connectivity index (χ2n) is 9.47. The fraction of sp³-hybridized carbons (Fsp3) is 0.435. The molecule has 0 aliphatic rings. The van der Waals surface area contributed by atoms with Gasteiger partial charge in [0.1, 0.15) is 5.82 Å². The van der Waals surface area contributed by atoms with Gasteiger partial charge < -0.3 is 8.99 Å². The van der Waals surface area contributed by atoms with Crippen molar-refractivity contribution in [2.75, 3.05) is 6.61 Å². The average molecular weight is 445 g/mol. The summed E-state index contributed by atoms with van der Waals surface area (Å²) in [6.45, 7) is 11.9. The van der Waals surface area contributed by atoms with Crippen LogP contribution in [0.2, 0.25) is 18.1 Å². The van der Waals surface area contributed by atoms with Crippen LogP contribution in [0.4, 0.5) is 4.39 Å². The molecule has 0 amide bonds. The third kappa shape index (κ3) is 4.32. The Kier molecular flexibility index (Phi) is 6.17. The summed E-state index contributed by atoms with van der Waals surface area (Å²) in [4.78, 5) is 25.4. The van der Waals surface area contributed by atoms with Crippen molar-refractivity contribution < 1.29 is 8.82 Å². The summed E-state index contributed by atoms with van der Waals surface area (Å²) in [6.07, 6.45) is 3.78. The van der Waals surface area contributed by atoms with E-state index in [2.05, 4.69) is 33.9 Å². The maximum Gasteiger partial charge on any atom is 0.330 e. The second-order valence-corrected chi connectivity index (χ2v) is 14.3. The number of halogens is 1. The predicted octanol–water partition coefficient (Wildman–Crippen LogP) is 4.07. The van der Waals surface area contributed by atoms with Gasteiger partial charge in [0.05, 0.1) is 16.6 Å². The minimum Gasteiger partial charge on any atom is -0.416 e. The van der Waals surface area contributed by atoms with Gasteiger partial charge in [-0.25, -0.2) is 9.18 Å². The van der Waals surface area contributed by atoms with E-state index in [1.807, 2.05) is 11.0 Å². The van der Waals surface area contributed by atoms with Crippen molar-refractivity contribution >= 4 is 19.2 Å². The summed E-state index contributed by atoms with van der Waals surface area (Å²) in [5, 5.41) is 0.508. The highest BCUT2D eigenvalue weighted by atomic mass is 28.4. The van der Waals surface area contributed by atoms with E-state index < -0.39 is 19.6 Å². The summed E-state index contributed by atoms with van der Waals surface area (Å²) >= 11 is 0. The topological polar surface area (TPSA) is 58.2 Å². The largest absolute Gasteiger partial charge is 0.416 e. The molecule has 0 bridgehead atoms. The molecule has 0 fully saturated rings. The van der Waals surface area contributed by atoms with Gasteiger partial charge in [0.2, 0.25) is 0 Å². The zero-order chi connectivity index (χ0) is 23.1. The Labute approximate surface area is 183 Å². The molecule has 3 rings (SSSR count). The van der Waals surface area contributed by atoms with E-state index in [4.69, 9.17) is 4.43 Å². The summed E-state index contributed by atoms with van der Waals surface area (Å²) in [5.74, 6) is -0.384. The summed E-state index contributed by atoms with van der Waals surface area (Å²) in [7, 11) is 1.21. The van der Waals surface area contributed by atoms with Crippen LogP contribution in [0.5, 0.6) is 0 Å². The lowest BCUT2D eigenvalue weighted by Gasteiger charge is -2.36. The molecule has 31 heavy (non-hydrogen) atoms. The maximum absolute atomic E-state index is 14.0. The van der Waals surface area contributed by atoms with E-state index in [1.54, 1.807) is 25.4 Å². The first-order valence-corrected chi connectivity index (χ1v) is 13.3. The van der Waals surface area contributed by atoms with Crippen LogP contribution in [-0.2, 0) is 25.1 Å². The smallest absolute Gasteiger partial charge is 0.330 e. The molecular weight excluding hydrogens is 413 g/mol. The first kappa shape index (κ1) is 23.2. The van der Waals surface area contributed by atoms with Crippen molar-refractivity contribution in [2.45, 2.75) is 45.4 Å². The van der Waals surface area contributed by atoms with E-state index in [9.17, 15) is 14.0 Å². The van der Waals surface area contributed by atoms with Crippen LogP contribution in [0, 0.1) is 12.2 Å². The molecule has 1 radical (unpaired) electrons. The SMILES string of the molecule is Cn1c(=O)c2c(-c3cccc(F)c3)n(C[CH]CO[Si](C)(C)C(C)(C)C)cc2n(C)c1=O. The predicted molar refractivity (Wildman–Crippen MR) is 125 cm³/mol. The lowest BCUT2D eigenvalue weighted by atomic mass is 10.1. The first-order valence-electron chi connectivity index (χ1n) is 10.4. The molecule has 0 aliphatic heterocycles. The van der Waals surface area contributed by atoms with Gasteiger partial charge in [0, 0.05) is 45.4 Å².